The van der Waals surface area contributed by atoms with Gasteiger partial charge in [-0.15, -0.1) is 0 Å². The Morgan fingerprint density at radius 1 is 1.06 bits per heavy atom. The number of amides is 1. The van der Waals surface area contributed by atoms with Crippen LogP contribution >= 0.6 is 11.6 Å². The molecule has 1 aliphatic heterocycles. The van der Waals surface area contributed by atoms with Gasteiger partial charge in [-0.25, -0.2) is 8.42 Å². The Morgan fingerprint density at radius 3 is 2.42 bits per heavy atom. The zero-order chi connectivity index (χ0) is 23.8. The first-order valence-corrected chi connectivity index (χ1v) is 13.0. The number of nitrogens with one attached hydrogen (secondary N) is 1. The third-order valence-electron chi connectivity index (χ3n) is 5.59. The molecule has 2 aromatic rings. The smallest absolute Gasteiger partial charge is 0.243 e. The summed E-state index contributed by atoms with van der Waals surface area (Å²) in [6.45, 7) is 3.32. The molecular weight excluding hydrogens is 464 g/mol. The average molecular weight is 495 g/mol. The molecule has 180 valence electrons. The highest BCUT2D eigenvalue weighted by Gasteiger charge is 2.26. The van der Waals surface area contributed by atoms with Gasteiger partial charge in [-0.2, -0.15) is 4.31 Å². The van der Waals surface area contributed by atoms with E-state index in [-0.39, 0.29) is 17.2 Å². The molecule has 1 amide bonds. The molecule has 0 bridgehead atoms. The zero-order valence-corrected chi connectivity index (χ0v) is 20.7. The molecule has 7 nitrogen and oxygen atoms in total. The molecule has 0 atom stereocenters. The Kier molecular flexibility index (Phi) is 9.00. The van der Waals surface area contributed by atoms with Crippen LogP contribution in [0.1, 0.15) is 44.1 Å². The number of methoxy groups -OCH3 is 1. The van der Waals surface area contributed by atoms with Gasteiger partial charge in [0.1, 0.15) is 11.5 Å². The van der Waals surface area contributed by atoms with Gasteiger partial charge in [-0.3, -0.25) is 4.79 Å². The number of hydrogen-bond acceptors (Lipinski definition) is 5. The van der Waals surface area contributed by atoms with Crippen LogP contribution in [0.25, 0.3) is 0 Å². The first kappa shape index (κ1) is 25.3. The highest BCUT2D eigenvalue weighted by atomic mass is 35.5. The summed E-state index contributed by atoms with van der Waals surface area (Å²) in [5.74, 6) is 0.896. The maximum Gasteiger partial charge on any atom is 0.243 e. The molecule has 2 aromatic carbocycles. The van der Waals surface area contributed by atoms with Crippen molar-refractivity contribution in [3.05, 3.63) is 47.0 Å². The van der Waals surface area contributed by atoms with Crippen molar-refractivity contribution in [3.63, 3.8) is 0 Å². The number of carbonyl (C=O) groups excluding carboxylic acids is 1. The summed E-state index contributed by atoms with van der Waals surface area (Å²) in [4.78, 5) is 12.7. The van der Waals surface area contributed by atoms with Crippen molar-refractivity contribution >= 4 is 33.2 Å². The molecule has 1 N–H and O–H groups in total. The number of nitrogens with zero attached hydrogens (tertiary/aromatic N) is 1. The van der Waals surface area contributed by atoms with Crippen LogP contribution in [0, 0.1) is 6.92 Å². The van der Waals surface area contributed by atoms with Crippen LogP contribution in [-0.2, 0) is 14.8 Å². The van der Waals surface area contributed by atoms with Gasteiger partial charge in [0, 0.05) is 24.5 Å². The summed E-state index contributed by atoms with van der Waals surface area (Å²) >= 11 is 5.95. The van der Waals surface area contributed by atoms with E-state index in [4.69, 9.17) is 21.1 Å². The molecular formula is C24H31ClN2O5S. The summed E-state index contributed by atoms with van der Waals surface area (Å²) in [6.07, 6.45) is 4.52. The minimum atomic E-state index is -3.63. The van der Waals surface area contributed by atoms with Crippen molar-refractivity contribution in [2.24, 2.45) is 0 Å². The number of rotatable bonds is 9. The predicted molar refractivity (Wildman–Crippen MR) is 130 cm³/mol. The molecule has 33 heavy (non-hydrogen) atoms. The van der Waals surface area contributed by atoms with E-state index < -0.39 is 10.0 Å². The van der Waals surface area contributed by atoms with Crippen LogP contribution < -0.4 is 14.8 Å². The van der Waals surface area contributed by atoms with Gasteiger partial charge in [-0.05, 0) is 68.1 Å². The van der Waals surface area contributed by atoms with Gasteiger partial charge < -0.3 is 14.8 Å². The Hall–Kier alpha value is -2.29. The Morgan fingerprint density at radius 2 is 1.76 bits per heavy atom. The lowest BCUT2D eigenvalue weighted by Crippen LogP contribution is -2.32. The molecule has 0 unspecified atom stereocenters. The Bertz CT molecular complexity index is 1070. The molecule has 0 saturated carbocycles. The summed E-state index contributed by atoms with van der Waals surface area (Å²) in [5.41, 5.74) is 1.27. The highest BCUT2D eigenvalue weighted by molar-refractivity contribution is 7.89. The Labute approximate surface area is 201 Å². The van der Waals surface area contributed by atoms with E-state index >= 15 is 0 Å². The van der Waals surface area contributed by atoms with E-state index in [1.165, 1.54) is 23.5 Å². The predicted octanol–water partition coefficient (Wildman–Crippen LogP) is 5.02. The van der Waals surface area contributed by atoms with E-state index in [9.17, 15) is 13.2 Å². The second-order valence-electron chi connectivity index (χ2n) is 8.09. The van der Waals surface area contributed by atoms with E-state index in [0.717, 1.165) is 37.0 Å². The lowest BCUT2D eigenvalue weighted by atomic mass is 10.2. The number of benzene rings is 2. The monoisotopic (exact) mass is 494 g/mol. The number of sulfonamides is 1. The van der Waals surface area contributed by atoms with Crippen LogP contribution in [0.3, 0.4) is 0 Å². The summed E-state index contributed by atoms with van der Waals surface area (Å²) < 4.78 is 38.8. The van der Waals surface area contributed by atoms with E-state index in [1.807, 2.05) is 13.0 Å². The normalized spacial score (nSPS) is 15.0. The molecule has 1 heterocycles. The van der Waals surface area contributed by atoms with Gasteiger partial charge in [-0.1, -0.05) is 24.4 Å². The quantitative estimate of drug-likeness (QED) is 0.495. The van der Waals surface area contributed by atoms with Crippen LogP contribution in [0.2, 0.25) is 5.02 Å². The molecule has 0 aromatic heterocycles. The molecule has 3 rings (SSSR count). The second-order valence-corrected chi connectivity index (χ2v) is 10.5. The number of hydrogen-bond donors (Lipinski definition) is 1. The fourth-order valence-corrected chi connectivity index (χ4v) is 5.55. The average Bonchev–Trinajstić information content (AvgIpc) is 3.08. The lowest BCUT2D eigenvalue weighted by Gasteiger charge is -2.21. The number of anilines is 1. The molecule has 9 heteroatoms. The van der Waals surface area contributed by atoms with Crippen LogP contribution in [0.5, 0.6) is 11.5 Å². The van der Waals surface area contributed by atoms with Gasteiger partial charge in [0.25, 0.3) is 0 Å². The van der Waals surface area contributed by atoms with Gasteiger partial charge in [0.2, 0.25) is 15.9 Å². The van der Waals surface area contributed by atoms with Crippen LogP contribution in [0.4, 0.5) is 5.69 Å². The van der Waals surface area contributed by atoms with Crippen LogP contribution in [0.15, 0.2) is 41.3 Å². The standard InChI is InChI=1S/C24H31ClN2O5S/c1-18-16-19(25)9-11-22(18)32-15-7-8-24(28)26-21-17-20(10-12-23(21)31-2)33(29,30)27-13-5-3-4-6-14-27/h9-12,16-17H,3-8,13-15H2,1-2H3,(H,26,28). The maximum absolute atomic E-state index is 13.1. The second kappa shape index (κ2) is 11.7. The number of carbonyl (C=O) groups is 1. The molecule has 0 aliphatic carbocycles. The van der Waals surface area contributed by atoms with Crippen molar-refractivity contribution in [1.29, 1.82) is 0 Å². The van der Waals surface area contributed by atoms with Crippen molar-refractivity contribution in [3.8, 4) is 11.5 Å². The van der Waals surface area contributed by atoms with Crippen LogP contribution in [-0.4, -0.2) is 45.4 Å². The highest BCUT2D eigenvalue weighted by Crippen LogP contribution is 2.30. The zero-order valence-electron chi connectivity index (χ0n) is 19.1. The molecule has 0 spiro atoms. The fourth-order valence-electron chi connectivity index (χ4n) is 3.78. The first-order valence-electron chi connectivity index (χ1n) is 11.2. The largest absolute Gasteiger partial charge is 0.495 e. The maximum atomic E-state index is 13.1. The molecule has 1 aliphatic rings. The van der Waals surface area contributed by atoms with Gasteiger partial charge >= 0.3 is 0 Å². The SMILES string of the molecule is COc1ccc(S(=O)(=O)N2CCCCCC2)cc1NC(=O)CCCOc1ccc(Cl)cc1C. The Balaban J connectivity index is 1.61. The fraction of sp³-hybridized carbons (Fsp3) is 0.458. The minimum Gasteiger partial charge on any atom is -0.495 e. The summed E-state index contributed by atoms with van der Waals surface area (Å²) in [7, 11) is -2.15. The van der Waals surface area contributed by atoms with Gasteiger partial charge in [0.15, 0.2) is 0 Å². The lowest BCUT2D eigenvalue weighted by molar-refractivity contribution is -0.116. The summed E-state index contributed by atoms with van der Waals surface area (Å²) in [5, 5.41) is 3.43. The molecule has 0 radical (unpaired) electrons. The van der Waals surface area contributed by atoms with Crippen molar-refractivity contribution in [1.82, 2.24) is 4.31 Å². The number of halogens is 1. The van der Waals surface area contributed by atoms with E-state index in [0.29, 0.717) is 42.6 Å². The first-order chi connectivity index (χ1) is 15.8. The van der Waals surface area contributed by atoms with Crippen molar-refractivity contribution < 1.29 is 22.7 Å². The third-order valence-corrected chi connectivity index (χ3v) is 7.72. The summed E-state index contributed by atoms with van der Waals surface area (Å²) in [6, 6.07) is 9.96. The van der Waals surface area contributed by atoms with E-state index in [2.05, 4.69) is 5.32 Å². The third kappa shape index (κ3) is 6.85. The topological polar surface area (TPSA) is 84.9 Å². The van der Waals surface area contributed by atoms with E-state index in [1.54, 1.807) is 18.2 Å². The molecule has 1 saturated heterocycles. The van der Waals surface area contributed by atoms with Crippen molar-refractivity contribution in [2.45, 2.75) is 50.3 Å². The number of aryl methyl sites for hydroxylation is 1. The number of ether oxygens (including phenoxy) is 2. The minimum absolute atomic E-state index is 0.155. The van der Waals surface area contributed by atoms with Gasteiger partial charge in [0.05, 0.1) is 24.3 Å². The molecule has 1 fully saturated rings. The van der Waals surface area contributed by atoms with Crippen molar-refractivity contribution in [2.75, 3.05) is 32.1 Å².